The summed E-state index contributed by atoms with van der Waals surface area (Å²) in [7, 11) is 1.80. The molecule has 4 heteroatoms. The number of hydrogen-bond acceptors (Lipinski definition) is 4. The largest absolute Gasteiger partial charge is 0.463 e. The van der Waals surface area contributed by atoms with Gasteiger partial charge < -0.3 is 10.2 Å². The van der Waals surface area contributed by atoms with E-state index in [4.69, 9.17) is 4.74 Å². The molecule has 2 N–H and O–H groups in total. The predicted molar refractivity (Wildman–Crippen MR) is 64.8 cm³/mol. The van der Waals surface area contributed by atoms with Gasteiger partial charge in [-0.15, -0.1) is 0 Å². The van der Waals surface area contributed by atoms with E-state index < -0.39 is 0 Å². The number of hydrazine groups is 1. The van der Waals surface area contributed by atoms with Crippen LogP contribution in [0, 0.1) is 0 Å². The van der Waals surface area contributed by atoms with E-state index in [0.717, 1.165) is 11.3 Å². The Labute approximate surface area is 95.3 Å². The van der Waals surface area contributed by atoms with Crippen molar-refractivity contribution in [2.45, 2.75) is 6.92 Å². The van der Waals surface area contributed by atoms with Crippen molar-refractivity contribution in [2.24, 2.45) is 0 Å². The topological polar surface area (TPSA) is 50.4 Å². The van der Waals surface area contributed by atoms with Gasteiger partial charge in [-0.3, -0.25) is 0 Å². The van der Waals surface area contributed by atoms with Crippen LogP contribution in [0.1, 0.15) is 12.5 Å². The van der Waals surface area contributed by atoms with E-state index in [1.165, 1.54) is 6.08 Å². The molecule has 16 heavy (non-hydrogen) atoms. The van der Waals surface area contributed by atoms with Crippen LogP contribution in [-0.4, -0.2) is 19.6 Å². The highest BCUT2D eigenvalue weighted by atomic mass is 16.5. The fourth-order valence-electron chi connectivity index (χ4n) is 1.18. The third-order valence-corrected chi connectivity index (χ3v) is 1.88. The van der Waals surface area contributed by atoms with Crippen molar-refractivity contribution in [3.63, 3.8) is 0 Å². The van der Waals surface area contributed by atoms with Gasteiger partial charge in [0.2, 0.25) is 0 Å². The van der Waals surface area contributed by atoms with Gasteiger partial charge >= 0.3 is 5.97 Å². The van der Waals surface area contributed by atoms with Crippen molar-refractivity contribution in [3.05, 3.63) is 35.9 Å². The highest BCUT2D eigenvalue weighted by Gasteiger charge is 1.94. The highest BCUT2D eigenvalue weighted by molar-refractivity contribution is 5.87. The van der Waals surface area contributed by atoms with Crippen LogP contribution in [0.25, 0.3) is 6.08 Å². The van der Waals surface area contributed by atoms with Gasteiger partial charge in [0.1, 0.15) is 0 Å². The molecular weight excluding hydrogens is 204 g/mol. The lowest BCUT2D eigenvalue weighted by Gasteiger charge is -2.03. The number of ether oxygens (including phenoxy) is 1. The molecule has 0 heterocycles. The summed E-state index contributed by atoms with van der Waals surface area (Å²) in [6.45, 7) is 2.18. The summed E-state index contributed by atoms with van der Waals surface area (Å²) in [6, 6.07) is 7.66. The van der Waals surface area contributed by atoms with Gasteiger partial charge in [0.25, 0.3) is 0 Å². The van der Waals surface area contributed by atoms with Gasteiger partial charge in [-0.05, 0) is 30.7 Å². The number of benzene rings is 1. The molecule has 86 valence electrons. The van der Waals surface area contributed by atoms with Crippen molar-refractivity contribution >= 4 is 17.7 Å². The number of hydrogen-bond donors (Lipinski definition) is 2. The fourth-order valence-corrected chi connectivity index (χ4v) is 1.18. The number of rotatable bonds is 5. The van der Waals surface area contributed by atoms with Crippen LogP contribution in [0.2, 0.25) is 0 Å². The molecule has 0 unspecified atom stereocenters. The zero-order valence-electron chi connectivity index (χ0n) is 9.49. The number of carbonyl (C=O) groups excluding carboxylic acids is 1. The van der Waals surface area contributed by atoms with Crippen LogP contribution in [0.15, 0.2) is 30.3 Å². The Kier molecular flexibility index (Phi) is 5.08. The molecule has 0 aliphatic carbocycles. The molecule has 0 fully saturated rings. The summed E-state index contributed by atoms with van der Waals surface area (Å²) in [4.78, 5) is 11.1. The number of carbonyl (C=O) groups is 1. The van der Waals surface area contributed by atoms with E-state index in [0.29, 0.717) is 6.61 Å². The highest BCUT2D eigenvalue weighted by Crippen LogP contribution is 2.09. The van der Waals surface area contributed by atoms with Crippen LogP contribution in [0.4, 0.5) is 5.69 Å². The lowest BCUT2D eigenvalue weighted by molar-refractivity contribution is -0.137. The maximum Gasteiger partial charge on any atom is 0.330 e. The minimum absolute atomic E-state index is 0.320. The summed E-state index contributed by atoms with van der Waals surface area (Å²) in [5, 5.41) is 0. The monoisotopic (exact) mass is 220 g/mol. The van der Waals surface area contributed by atoms with Gasteiger partial charge in [-0.2, -0.15) is 0 Å². The normalized spacial score (nSPS) is 10.4. The summed E-state index contributed by atoms with van der Waals surface area (Å²) in [5.41, 5.74) is 7.70. The fraction of sp³-hybridized carbons (Fsp3) is 0.250. The number of esters is 1. The van der Waals surface area contributed by atoms with Crippen molar-refractivity contribution < 1.29 is 9.53 Å². The minimum atomic E-state index is -0.320. The Bertz CT molecular complexity index is 358. The molecule has 0 saturated heterocycles. The van der Waals surface area contributed by atoms with Crippen molar-refractivity contribution in [1.82, 2.24) is 5.43 Å². The predicted octanol–water partition coefficient (Wildman–Crippen LogP) is 1.81. The third-order valence-electron chi connectivity index (χ3n) is 1.88. The maximum absolute atomic E-state index is 11.1. The second-order valence-corrected chi connectivity index (χ2v) is 3.08. The van der Waals surface area contributed by atoms with Crippen molar-refractivity contribution in [1.29, 1.82) is 0 Å². The quantitative estimate of drug-likeness (QED) is 0.451. The van der Waals surface area contributed by atoms with E-state index in [-0.39, 0.29) is 5.97 Å². The molecule has 0 spiro atoms. The van der Waals surface area contributed by atoms with E-state index in [1.54, 1.807) is 20.0 Å². The zero-order valence-corrected chi connectivity index (χ0v) is 9.49. The molecule has 0 bridgehead atoms. The molecule has 1 aromatic carbocycles. The molecule has 0 atom stereocenters. The first-order chi connectivity index (χ1) is 7.76. The van der Waals surface area contributed by atoms with Crippen LogP contribution in [0.5, 0.6) is 0 Å². The van der Waals surface area contributed by atoms with E-state index in [9.17, 15) is 4.79 Å². The Morgan fingerprint density at radius 1 is 1.38 bits per heavy atom. The minimum Gasteiger partial charge on any atom is -0.463 e. The van der Waals surface area contributed by atoms with Gasteiger partial charge in [0.05, 0.1) is 6.61 Å². The summed E-state index contributed by atoms with van der Waals surface area (Å²) < 4.78 is 4.78. The smallest absolute Gasteiger partial charge is 0.330 e. The summed E-state index contributed by atoms with van der Waals surface area (Å²) in [5.74, 6) is -0.320. The second-order valence-electron chi connectivity index (χ2n) is 3.08. The van der Waals surface area contributed by atoms with E-state index in [2.05, 4.69) is 10.9 Å². The van der Waals surface area contributed by atoms with E-state index >= 15 is 0 Å². The third kappa shape index (κ3) is 4.14. The van der Waals surface area contributed by atoms with Crippen LogP contribution < -0.4 is 10.9 Å². The van der Waals surface area contributed by atoms with Gasteiger partial charge in [-0.25, -0.2) is 10.2 Å². The standard InChI is InChI=1S/C12H16N2O2/c1-3-16-12(15)9-6-10-4-7-11(8-5-10)14-13-2/h4-9,13-14H,3H2,1-2H3/b9-6+. The van der Waals surface area contributed by atoms with Gasteiger partial charge in [0.15, 0.2) is 0 Å². The molecule has 4 nitrogen and oxygen atoms in total. The van der Waals surface area contributed by atoms with Crippen LogP contribution >= 0.6 is 0 Å². The first-order valence-electron chi connectivity index (χ1n) is 5.14. The summed E-state index contributed by atoms with van der Waals surface area (Å²) >= 11 is 0. The molecule has 0 radical (unpaired) electrons. The van der Waals surface area contributed by atoms with Crippen molar-refractivity contribution in [3.8, 4) is 0 Å². The first-order valence-corrected chi connectivity index (χ1v) is 5.14. The average Bonchev–Trinajstić information content (AvgIpc) is 2.29. The van der Waals surface area contributed by atoms with Crippen LogP contribution in [0.3, 0.4) is 0 Å². The van der Waals surface area contributed by atoms with Gasteiger partial charge in [0, 0.05) is 18.8 Å². The average molecular weight is 220 g/mol. The number of anilines is 1. The van der Waals surface area contributed by atoms with Crippen LogP contribution in [-0.2, 0) is 9.53 Å². The zero-order chi connectivity index (χ0) is 11.8. The van der Waals surface area contributed by atoms with Gasteiger partial charge in [-0.1, -0.05) is 12.1 Å². The molecule has 0 saturated carbocycles. The lowest BCUT2D eigenvalue weighted by atomic mass is 10.2. The lowest BCUT2D eigenvalue weighted by Crippen LogP contribution is -2.14. The Morgan fingerprint density at radius 2 is 2.06 bits per heavy atom. The molecule has 0 aliphatic rings. The summed E-state index contributed by atoms with van der Waals surface area (Å²) in [6.07, 6.45) is 3.14. The molecular formula is C12H16N2O2. The Morgan fingerprint density at radius 3 is 2.62 bits per heavy atom. The SMILES string of the molecule is CCOC(=O)/C=C/c1ccc(NNC)cc1. The first kappa shape index (κ1) is 12.3. The molecule has 0 amide bonds. The number of nitrogens with one attached hydrogen (secondary N) is 2. The molecule has 0 aliphatic heterocycles. The molecule has 1 rings (SSSR count). The second kappa shape index (κ2) is 6.63. The Balaban J connectivity index is 2.57. The van der Waals surface area contributed by atoms with Crippen molar-refractivity contribution in [2.75, 3.05) is 19.1 Å². The molecule has 1 aromatic rings. The molecule has 0 aromatic heterocycles. The Hall–Kier alpha value is -1.81. The van der Waals surface area contributed by atoms with E-state index in [1.807, 2.05) is 24.3 Å². The maximum atomic E-state index is 11.1.